The van der Waals surface area contributed by atoms with Crippen LogP contribution >= 0.6 is 11.3 Å². The summed E-state index contributed by atoms with van der Waals surface area (Å²) in [5, 5.41) is 4.70. The molecule has 1 N–H and O–H groups in total. The van der Waals surface area contributed by atoms with Crippen molar-refractivity contribution in [3.05, 3.63) is 46.8 Å². The predicted molar refractivity (Wildman–Crippen MR) is 98.0 cm³/mol. The summed E-state index contributed by atoms with van der Waals surface area (Å²) in [4.78, 5) is 24.2. The van der Waals surface area contributed by atoms with Gasteiger partial charge in [-0.1, -0.05) is 0 Å². The lowest BCUT2D eigenvalue weighted by molar-refractivity contribution is 0.0602. The highest BCUT2D eigenvalue weighted by molar-refractivity contribution is 7.89. The second-order valence-electron chi connectivity index (χ2n) is 5.89. The van der Waals surface area contributed by atoms with Gasteiger partial charge in [-0.05, 0) is 48.6 Å². The molecule has 1 aliphatic carbocycles. The second kappa shape index (κ2) is 7.18. The number of hydrogen-bond acceptors (Lipinski definition) is 6. The van der Waals surface area contributed by atoms with Crippen molar-refractivity contribution in [2.24, 2.45) is 0 Å². The number of carbonyl (C=O) groups is 2. The van der Waals surface area contributed by atoms with Crippen LogP contribution in [0.4, 0.5) is 5.00 Å². The molecule has 0 aliphatic heterocycles. The van der Waals surface area contributed by atoms with Crippen LogP contribution < -0.4 is 5.32 Å². The Hall–Kier alpha value is -2.23. The lowest BCUT2D eigenvalue weighted by Crippen LogP contribution is -2.29. The first-order chi connectivity index (χ1) is 12.3. The fraction of sp³-hybridized carbons (Fsp3) is 0.294. The molecule has 1 saturated carbocycles. The van der Waals surface area contributed by atoms with Crippen molar-refractivity contribution in [3.63, 3.8) is 0 Å². The first kappa shape index (κ1) is 18.6. The zero-order valence-electron chi connectivity index (χ0n) is 14.3. The smallest absolute Gasteiger partial charge is 0.340 e. The Bertz CT molecular complexity index is 930. The number of ether oxygens (including phenoxy) is 1. The fourth-order valence-corrected chi connectivity index (χ4v) is 4.62. The number of carbonyl (C=O) groups excluding carboxylic acids is 2. The van der Waals surface area contributed by atoms with E-state index in [1.165, 1.54) is 47.0 Å². The van der Waals surface area contributed by atoms with Gasteiger partial charge in [0.2, 0.25) is 10.0 Å². The van der Waals surface area contributed by atoms with Crippen LogP contribution in [0.2, 0.25) is 0 Å². The first-order valence-electron chi connectivity index (χ1n) is 7.90. The number of nitrogens with zero attached hydrogens (tertiary/aromatic N) is 1. The Kier molecular flexibility index (Phi) is 5.12. The van der Waals surface area contributed by atoms with Crippen LogP contribution in [0.25, 0.3) is 0 Å². The number of benzene rings is 1. The van der Waals surface area contributed by atoms with Gasteiger partial charge in [0.25, 0.3) is 5.91 Å². The molecular weight excluding hydrogens is 376 g/mol. The van der Waals surface area contributed by atoms with E-state index in [9.17, 15) is 18.0 Å². The van der Waals surface area contributed by atoms with E-state index in [0.29, 0.717) is 10.6 Å². The summed E-state index contributed by atoms with van der Waals surface area (Å²) in [6, 6.07) is 7.37. The summed E-state index contributed by atoms with van der Waals surface area (Å²) in [5.41, 5.74) is 0.568. The fourth-order valence-electron chi connectivity index (χ4n) is 2.43. The standard InChI is InChI=1S/C17H18N2O5S2/c1-19(12-5-6-12)26(22,23)13-7-3-11(4-8-13)15(20)18-16-14(9-10-25-16)17(21)24-2/h3-4,7-10,12H,5-6H2,1-2H3,(H,18,20). The van der Waals surface area contributed by atoms with E-state index in [4.69, 9.17) is 0 Å². The first-order valence-corrected chi connectivity index (χ1v) is 10.2. The Labute approximate surface area is 155 Å². The van der Waals surface area contributed by atoms with Crippen molar-refractivity contribution in [3.8, 4) is 0 Å². The minimum atomic E-state index is -3.55. The largest absolute Gasteiger partial charge is 0.465 e. The van der Waals surface area contributed by atoms with Crippen molar-refractivity contribution < 1.29 is 22.7 Å². The van der Waals surface area contributed by atoms with Crippen LogP contribution in [0.15, 0.2) is 40.6 Å². The number of esters is 1. The topological polar surface area (TPSA) is 92.8 Å². The summed E-state index contributed by atoms with van der Waals surface area (Å²) in [6.45, 7) is 0. The van der Waals surface area contributed by atoms with E-state index in [0.717, 1.165) is 12.8 Å². The minimum absolute atomic E-state index is 0.0681. The number of nitrogens with one attached hydrogen (secondary N) is 1. The van der Waals surface area contributed by atoms with Gasteiger partial charge in [-0.25, -0.2) is 13.2 Å². The highest BCUT2D eigenvalue weighted by atomic mass is 32.2. The molecule has 138 valence electrons. The molecule has 0 radical (unpaired) electrons. The second-order valence-corrected chi connectivity index (χ2v) is 8.80. The molecule has 1 aromatic heterocycles. The van der Waals surface area contributed by atoms with Crippen molar-refractivity contribution >= 4 is 38.2 Å². The minimum Gasteiger partial charge on any atom is -0.465 e. The van der Waals surface area contributed by atoms with Gasteiger partial charge >= 0.3 is 5.97 Å². The number of sulfonamides is 1. The number of rotatable bonds is 6. The Balaban J connectivity index is 1.75. The molecule has 0 atom stereocenters. The number of hydrogen-bond donors (Lipinski definition) is 1. The monoisotopic (exact) mass is 394 g/mol. The SMILES string of the molecule is COC(=O)c1ccsc1NC(=O)c1ccc(S(=O)(=O)N(C)C2CC2)cc1. The van der Waals surface area contributed by atoms with E-state index in [1.54, 1.807) is 18.5 Å². The maximum absolute atomic E-state index is 12.5. The quantitative estimate of drug-likeness (QED) is 0.760. The van der Waals surface area contributed by atoms with E-state index >= 15 is 0 Å². The molecule has 0 saturated heterocycles. The van der Waals surface area contributed by atoms with Crippen LogP contribution in [0, 0.1) is 0 Å². The number of thiophene rings is 1. The van der Waals surface area contributed by atoms with Crippen molar-refractivity contribution in [1.29, 1.82) is 0 Å². The van der Waals surface area contributed by atoms with Crippen LogP contribution in [0.5, 0.6) is 0 Å². The highest BCUT2D eigenvalue weighted by Crippen LogP contribution is 2.30. The molecule has 1 heterocycles. The predicted octanol–water partition coefficient (Wildman–Crippen LogP) is 2.57. The van der Waals surface area contributed by atoms with Gasteiger partial charge in [0.05, 0.1) is 17.6 Å². The van der Waals surface area contributed by atoms with Crippen LogP contribution in [-0.2, 0) is 14.8 Å². The van der Waals surface area contributed by atoms with E-state index in [1.807, 2.05) is 0 Å². The van der Waals surface area contributed by atoms with Gasteiger partial charge < -0.3 is 10.1 Å². The van der Waals surface area contributed by atoms with Crippen molar-refractivity contribution in [1.82, 2.24) is 4.31 Å². The van der Waals surface area contributed by atoms with Crippen LogP contribution in [0.1, 0.15) is 33.6 Å². The molecule has 7 nitrogen and oxygen atoms in total. The third kappa shape index (κ3) is 3.64. The number of amides is 1. The van der Waals surface area contributed by atoms with Gasteiger partial charge in [0.15, 0.2) is 0 Å². The molecular formula is C17H18N2O5S2. The summed E-state index contributed by atoms with van der Waals surface area (Å²) in [5.74, 6) is -0.969. The van der Waals surface area contributed by atoms with Gasteiger partial charge in [-0.2, -0.15) is 4.31 Å². The summed E-state index contributed by atoms with van der Waals surface area (Å²) >= 11 is 1.20. The zero-order valence-corrected chi connectivity index (χ0v) is 15.9. The Morgan fingerprint density at radius 1 is 1.19 bits per heavy atom. The normalized spacial score (nSPS) is 14.3. The average molecular weight is 394 g/mol. The third-order valence-electron chi connectivity index (χ3n) is 4.15. The molecule has 1 amide bonds. The molecule has 0 spiro atoms. The molecule has 0 unspecified atom stereocenters. The highest BCUT2D eigenvalue weighted by Gasteiger charge is 2.35. The summed E-state index contributed by atoms with van der Waals surface area (Å²) in [6.07, 6.45) is 1.75. The van der Waals surface area contributed by atoms with Gasteiger partial charge in [-0.3, -0.25) is 4.79 Å². The van der Waals surface area contributed by atoms with Crippen molar-refractivity contribution in [2.45, 2.75) is 23.8 Å². The zero-order chi connectivity index (χ0) is 18.9. The van der Waals surface area contributed by atoms with Gasteiger partial charge in [0.1, 0.15) is 5.00 Å². The van der Waals surface area contributed by atoms with Gasteiger partial charge in [0, 0.05) is 18.7 Å². The van der Waals surface area contributed by atoms with E-state index in [2.05, 4.69) is 10.1 Å². The van der Waals surface area contributed by atoms with Crippen LogP contribution in [0.3, 0.4) is 0 Å². The molecule has 1 aliphatic rings. The molecule has 9 heteroatoms. The molecule has 2 aromatic rings. The average Bonchev–Trinajstić information content (AvgIpc) is 3.39. The van der Waals surface area contributed by atoms with Gasteiger partial charge in [-0.15, -0.1) is 11.3 Å². The van der Waals surface area contributed by atoms with E-state index < -0.39 is 21.9 Å². The van der Waals surface area contributed by atoms with Crippen molar-refractivity contribution in [2.75, 3.05) is 19.5 Å². The summed E-state index contributed by atoms with van der Waals surface area (Å²) in [7, 11) is -0.711. The molecule has 3 rings (SSSR count). The number of methoxy groups -OCH3 is 1. The molecule has 1 fully saturated rings. The lowest BCUT2D eigenvalue weighted by atomic mass is 10.2. The van der Waals surface area contributed by atoms with E-state index in [-0.39, 0.29) is 16.5 Å². The Morgan fingerprint density at radius 2 is 1.85 bits per heavy atom. The molecule has 1 aromatic carbocycles. The Morgan fingerprint density at radius 3 is 2.42 bits per heavy atom. The lowest BCUT2D eigenvalue weighted by Gasteiger charge is -2.16. The maximum Gasteiger partial charge on any atom is 0.340 e. The van der Waals surface area contributed by atoms with Crippen LogP contribution in [-0.4, -0.2) is 44.8 Å². The molecule has 26 heavy (non-hydrogen) atoms. The molecule has 0 bridgehead atoms. The maximum atomic E-state index is 12.5. The summed E-state index contributed by atoms with van der Waals surface area (Å²) < 4.78 is 31.0. The number of anilines is 1. The third-order valence-corrected chi connectivity index (χ3v) is 6.91.